The lowest BCUT2D eigenvalue weighted by atomic mass is 10.3. The highest BCUT2D eigenvalue weighted by molar-refractivity contribution is 9.11. The lowest BCUT2D eigenvalue weighted by Crippen LogP contribution is -1.93. The van der Waals surface area contributed by atoms with E-state index in [1.807, 2.05) is 24.3 Å². The van der Waals surface area contributed by atoms with Gasteiger partial charge in [-0.15, -0.1) is 11.3 Å². The lowest BCUT2D eigenvalue weighted by Gasteiger charge is -2.04. The Hall–Kier alpha value is -1.00. The van der Waals surface area contributed by atoms with E-state index in [4.69, 9.17) is 10.5 Å². The molecule has 15 heavy (non-hydrogen) atoms. The molecule has 0 fully saturated rings. The van der Waals surface area contributed by atoms with E-state index in [0.29, 0.717) is 6.61 Å². The number of halogens is 1. The molecule has 1 heterocycles. The van der Waals surface area contributed by atoms with Crippen LogP contribution >= 0.6 is 27.3 Å². The van der Waals surface area contributed by atoms with Crippen LogP contribution in [0.25, 0.3) is 0 Å². The molecule has 2 aromatic rings. The molecule has 2 N–H and O–H groups in total. The molecule has 0 aliphatic rings. The molecule has 0 aliphatic carbocycles. The largest absolute Gasteiger partial charge is 0.489 e. The van der Waals surface area contributed by atoms with Crippen LogP contribution < -0.4 is 10.5 Å². The summed E-state index contributed by atoms with van der Waals surface area (Å²) in [7, 11) is 0. The topological polar surface area (TPSA) is 35.2 Å². The minimum absolute atomic E-state index is 0.589. The first-order valence-electron chi connectivity index (χ1n) is 4.45. The monoisotopic (exact) mass is 283 g/mol. The minimum Gasteiger partial charge on any atom is -0.489 e. The molecule has 2 rings (SSSR count). The van der Waals surface area contributed by atoms with Crippen molar-refractivity contribution in [3.8, 4) is 5.75 Å². The summed E-state index contributed by atoms with van der Waals surface area (Å²) in [5.74, 6) is 0.839. The fourth-order valence-electron chi connectivity index (χ4n) is 1.15. The van der Waals surface area contributed by atoms with Gasteiger partial charge in [-0.3, -0.25) is 0 Å². The van der Waals surface area contributed by atoms with Gasteiger partial charge in [-0.2, -0.15) is 0 Å². The number of rotatable bonds is 3. The Bertz CT molecular complexity index is 438. The highest BCUT2D eigenvalue weighted by atomic mass is 79.9. The van der Waals surface area contributed by atoms with Crippen molar-refractivity contribution in [2.24, 2.45) is 0 Å². The third-order valence-electron chi connectivity index (χ3n) is 1.91. The summed E-state index contributed by atoms with van der Waals surface area (Å²) >= 11 is 5.07. The van der Waals surface area contributed by atoms with Gasteiger partial charge in [0.1, 0.15) is 12.4 Å². The number of hydrogen-bond acceptors (Lipinski definition) is 3. The van der Waals surface area contributed by atoms with Crippen LogP contribution in [0.1, 0.15) is 5.56 Å². The third-order valence-corrected chi connectivity index (χ3v) is 3.46. The van der Waals surface area contributed by atoms with Crippen molar-refractivity contribution in [1.29, 1.82) is 0 Å². The number of thiophene rings is 1. The van der Waals surface area contributed by atoms with Gasteiger partial charge in [-0.25, -0.2) is 0 Å². The molecular formula is C11H10BrNOS. The van der Waals surface area contributed by atoms with E-state index in [9.17, 15) is 0 Å². The van der Waals surface area contributed by atoms with Gasteiger partial charge in [0, 0.05) is 11.3 Å². The van der Waals surface area contributed by atoms with Gasteiger partial charge >= 0.3 is 0 Å². The molecular weight excluding hydrogens is 274 g/mol. The van der Waals surface area contributed by atoms with Crippen LogP contribution in [0.15, 0.2) is 39.5 Å². The Morgan fingerprint density at radius 2 is 2.00 bits per heavy atom. The quantitative estimate of drug-likeness (QED) is 0.873. The minimum atomic E-state index is 0.589. The molecule has 78 valence electrons. The number of nitrogens with two attached hydrogens (primary N) is 1. The van der Waals surface area contributed by atoms with Crippen molar-refractivity contribution in [1.82, 2.24) is 0 Å². The van der Waals surface area contributed by atoms with Crippen molar-refractivity contribution in [3.63, 3.8) is 0 Å². The molecule has 0 saturated carbocycles. The first-order valence-corrected chi connectivity index (χ1v) is 6.12. The van der Waals surface area contributed by atoms with Crippen molar-refractivity contribution >= 4 is 33.0 Å². The van der Waals surface area contributed by atoms with E-state index >= 15 is 0 Å². The Balaban J connectivity index is 1.96. The van der Waals surface area contributed by atoms with Gasteiger partial charge in [0.2, 0.25) is 0 Å². The van der Waals surface area contributed by atoms with Gasteiger partial charge in [0.05, 0.1) is 3.79 Å². The van der Waals surface area contributed by atoms with Crippen LogP contribution in [0, 0.1) is 0 Å². The molecule has 2 nitrogen and oxygen atoms in total. The first-order chi connectivity index (χ1) is 7.24. The summed E-state index contributed by atoms with van der Waals surface area (Å²) < 4.78 is 6.71. The maximum atomic E-state index is 5.59. The van der Waals surface area contributed by atoms with Gasteiger partial charge < -0.3 is 10.5 Å². The van der Waals surface area contributed by atoms with E-state index in [-0.39, 0.29) is 0 Å². The van der Waals surface area contributed by atoms with E-state index in [2.05, 4.69) is 27.4 Å². The summed E-state index contributed by atoms with van der Waals surface area (Å²) in [6.45, 7) is 0.589. The smallest absolute Gasteiger partial charge is 0.119 e. The SMILES string of the molecule is Nc1ccc(OCc2csc(Br)c2)cc1. The van der Waals surface area contributed by atoms with Crippen LogP contribution in [-0.2, 0) is 6.61 Å². The molecule has 1 aromatic carbocycles. The zero-order valence-electron chi connectivity index (χ0n) is 7.94. The van der Waals surface area contributed by atoms with Crippen molar-refractivity contribution in [2.45, 2.75) is 6.61 Å². The Kier molecular flexibility index (Phi) is 3.28. The van der Waals surface area contributed by atoms with Crippen LogP contribution in [0.2, 0.25) is 0 Å². The molecule has 0 bridgehead atoms. The van der Waals surface area contributed by atoms with Crippen LogP contribution in [0.3, 0.4) is 0 Å². The summed E-state index contributed by atoms with van der Waals surface area (Å²) in [4.78, 5) is 0. The lowest BCUT2D eigenvalue weighted by molar-refractivity contribution is 0.307. The normalized spacial score (nSPS) is 10.2. The average molecular weight is 284 g/mol. The fraction of sp³-hybridized carbons (Fsp3) is 0.0909. The van der Waals surface area contributed by atoms with Gasteiger partial charge in [-0.1, -0.05) is 0 Å². The van der Waals surface area contributed by atoms with E-state index in [1.165, 1.54) is 5.56 Å². The zero-order valence-corrected chi connectivity index (χ0v) is 10.3. The number of ether oxygens (including phenoxy) is 1. The standard InChI is InChI=1S/C11H10BrNOS/c12-11-5-8(7-15-11)6-14-10-3-1-9(13)2-4-10/h1-5,7H,6,13H2. The predicted octanol–water partition coefficient (Wildman–Crippen LogP) is 3.67. The van der Waals surface area contributed by atoms with Crippen LogP contribution in [0.4, 0.5) is 5.69 Å². The second-order valence-electron chi connectivity index (χ2n) is 3.12. The van der Waals surface area contributed by atoms with Crippen LogP contribution in [-0.4, -0.2) is 0 Å². The van der Waals surface area contributed by atoms with Crippen LogP contribution in [0.5, 0.6) is 5.75 Å². The average Bonchev–Trinajstić information content (AvgIpc) is 2.64. The summed E-state index contributed by atoms with van der Waals surface area (Å²) in [5.41, 5.74) is 7.50. The number of benzene rings is 1. The molecule has 4 heteroatoms. The first kappa shape index (κ1) is 10.5. The number of hydrogen-bond donors (Lipinski definition) is 1. The summed E-state index contributed by atoms with van der Waals surface area (Å²) in [5, 5.41) is 2.07. The van der Waals surface area contributed by atoms with E-state index in [0.717, 1.165) is 15.2 Å². The highest BCUT2D eigenvalue weighted by Crippen LogP contribution is 2.22. The van der Waals surface area contributed by atoms with Crippen molar-refractivity contribution in [3.05, 3.63) is 45.1 Å². The molecule has 0 aliphatic heterocycles. The van der Waals surface area contributed by atoms with Crippen molar-refractivity contribution in [2.75, 3.05) is 5.73 Å². The van der Waals surface area contributed by atoms with Gasteiger partial charge in [-0.05, 0) is 51.6 Å². The predicted molar refractivity (Wildman–Crippen MR) is 67.2 cm³/mol. The number of nitrogen functional groups attached to an aromatic ring is 1. The second kappa shape index (κ2) is 4.68. The highest BCUT2D eigenvalue weighted by Gasteiger charge is 1.98. The van der Waals surface area contributed by atoms with Gasteiger partial charge in [0.15, 0.2) is 0 Å². The molecule has 0 atom stereocenters. The van der Waals surface area contributed by atoms with E-state index < -0.39 is 0 Å². The second-order valence-corrected chi connectivity index (χ2v) is 5.41. The van der Waals surface area contributed by atoms with E-state index in [1.54, 1.807) is 11.3 Å². The van der Waals surface area contributed by atoms with Gasteiger partial charge in [0.25, 0.3) is 0 Å². The molecule has 0 unspecified atom stereocenters. The molecule has 0 saturated heterocycles. The molecule has 0 spiro atoms. The molecule has 1 aromatic heterocycles. The summed E-state index contributed by atoms with van der Waals surface area (Å²) in [6, 6.07) is 9.47. The zero-order chi connectivity index (χ0) is 10.7. The summed E-state index contributed by atoms with van der Waals surface area (Å²) in [6.07, 6.45) is 0. The maximum absolute atomic E-state index is 5.59. The maximum Gasteiger partial charge on any atom is 0.119 e. The number of anilines is 1. The fourth-order valence-corrected chi connectivity index (χ4v) is 2.35. The molecule has 0 amide bonds. The third kappa shape index (κ3) is 2.97. The molecule has 0 radical (unpaired) electrons. The Morgan fingerprint density at radius 3 is 2.60 bits per heavy atom. The Morgan fingerprint density at radius 1 is 1.27 bits per heavy atom. The Labute approximate surface area is 101 Å². The van der Waals surface area contributed by atoms with Crippen molar-refractivity contribution < 1.29 is 4.74 Å².